The molecule has 3 rings (SSSR count). The normalized spacial score (nSPS) is 11.9. The van der Waals surface area contributed by atoms with Crippen LogP contribution >= 0.6 is 11.8 Å². The molecule has 28 heavy (non-hydrogen) atoms. The Hall–Kier alpha value is -2.72. The van der Waals surface area contributed by atoms with Crippen LogP contribution in [0.3, 0.4) is 0 Å². The second-order valence-electron chi connectivity index (χ2n) is 6.78. The first-order valence-corrected chi connectivity index (χ1v) is 10.3. The predicted octanol–water partition coefficient (Wildman–Crippen LogP) is 5.56. The van der Waals surface area contributed by atoms with Crippen molar-refractivity contribution < 1.29 is 9.90 Å². The molecule has 0 aliphatic heterocycles. The van der Waals surface area contributed by atoms with E-state index in [9.17, 15) is 9.90 Å². The summed E-state index contributed by atoms with van der Waals surface area (Å²) in [6, 6.07) is 27.1. The molecule has 0 aromatic heterocycles. The van der Waals surface area contributed by atoms with Crippen molar-refractivity contribution in [3.8, 4) is 5.75 Å². The number of rotatable bonds is 8. The van der Waals surface area contributed by atoms with Gasteiger partial charge >= 0.3 is 0 Å². The fraction of sp³-hybridized carbons (Fsp3) is 0.208. The number of carbonyl (C=O) groups excluding carboxylic acids is 1. The van der Waals surface area contributed by atoms with Gasteiger partial charge in [-0.3, -0.25) is 4.79 Å². The number of phenolic OH excluding ortho intramolecular Hbond substituents is 1. The maximum Gasteiger partial charge on any atom is 0.220 e. The molecule has 3 nitrogen and oxygen atoms in total. The van der Waals surface area contributed by atoms with E-state index in [1.54, 1.807) is 23.9 Å². The molecule has 0 spiro atoms. The van der Waals surface area contributed by atoms with Crippen LogP contribution in [0.1, 0.15) is 36.9 Å². The summed E-state index contributed by atoms with van der Waals surface area (Å²) in [5.41, 5.74) is 2.15. The molecule has 0 saturated heterocycles. The Morgan fingerprint density at radius 3 is 1.96 bits per heavy atom. The summed E-state index contributed by atoms with van der Waals surface area (Å²) in [5, 5.41) is 12.9. The van der Waals surface area contributed by atoms with Crippen LogP contribution in [0.15, 0.2) is 89.8 Å². The van der Waals surface area contributed by atoms with Crippen LogP contribution in [0.25, 0.3) is 0 Å². The van der Waals surface area contributed by atoms with Gasteiger partial charge in [-0.2, -0.15) is 0 Å². The van der Waals surface area contributed by atoms with Crippen LogP contribution in [0, 0.1) is 0 Å². The summed E-state index contributed by atoms with van der Waals surface area (Å²) in [4.78, 5) is 13.7. The molecular formula is C24H25NO2S. The third-order valence-corrected chi connectivity index (χ3v) is 5.71. The van der Waals surface area contributed by atoms with E-state index in [1.165, 1.54) is 0 Å². The summed E-state index contributed by atoms with van der Waals surface area (Å²) < 4.78 is 0. The van der Waals surface area contributed by atoms with Gasteiger partial charge in [-0.05, 0) is 41.8 Å². The smallest absolute Gasteiger partial charge is 0.220 e. The molecule has 0 aliphatic rings. The lowest BCUT2D eigenvalue weighted by molar-refractivity contribution is -0.121. The fourth-order valence-corrected chi connectivity index (χ4v) is 4.03. The molecule has 0 bridgehead atoms. The van der Waals surface area contributed by atoms with Crippen LogP contribution in [0.5, 0.6) is 5.75 Å². The fourth-order valence-electron chi connectivity index (χ4n) is 3.03. The number of carbonyl (C=O) groups is 1. The van der Waals surface area contributed by atoms with Crippen molar-refractivity contribution in [3.63, 3.8) is 0 Å². The number of aromatic hydroxyl groups is 1. The number of hydrogen-bond donors (Lipinski definition) is 2. The van der Waals surface area contributed by atoms with Crippen molar-refractivity contribution in [2.45, 2.75) is 36.0 Å². The van der Waals surface area contributed by atoms with Gasteiger partial charge in [-0.25, -0.2) is 0 Å². The van der Waals surface area contributed by atoms with Crippen LogP contribution in [0.2, 0.25) is 0 Å². The maximum absolute atomic E-state index is 12.6. The molecule has 1 atom stereocenters. The molecular weight excluding hydrogens is 366 g/mol. The molecule has 0 saturated carbocycles. The van der Waals surface area contributed by atoms with Crippen molar-refractivity contribution in [1.29, 1.82) is 0 Å². The predicted molar refractivity (Wildman–Crippen MR) is 116 cm³/mol. The highest BCUT2D eigenvalue weighted by atomic mass is 32.2. The van der Waals surface area contributed by atoms with Crippen molar-refractivity contribution in [1.82, 2.24) is 5.32 Å². The number of thioether (sulfide) groups is 1. The first-order valence-electron chi connectivity index (χ1n) is 9.47. The number of hydrogen-bond acceptors (Lipinski definition) is 3. The average molecular weight is 392 g/mol. The largest absolute Gasteiger partial charge is 0.508 e. The van der Waals surface area contributed by atoms with Crippen molar-refractivity contribution in [2.24, 2.45) is 0 Å². The number of benzene rings is 3. The molecule has 0 fully saturated rings. The Morgan fingerprint density at radius 1 is 0.893 bits per heavy atom. The minimum atomic E-state index is -0.144. The maximum atomic E-state index is 12.6. The zero-order chi connectivity index (χ0) is 19.8. The van der Waals surface area contributed by atoms with Crippen LogP contribution in [-0.2, 0) is 4.79 Å². The molecule has 2 N–H and O–H groups in total. The summed E-state index contributed by atoms with van der Waals surface area (Å²) in [6.07, 6.45) is 1.26. The van der Waals surface area contributed by atoms with Gasteiger partial charge in [0.2, 0.25) is 5.91 Å². The standard InChI is InChI=1S/C24H25NO2S/c1-18(28-22-15-13-21(26)14-16-22)12-17-23(27)25-24(19-8-4-2-5-9-19)20-10-6-3-7-11-20/h2-11,13-16,18,24,26H,12,17H2,1H3,(H,25,27). The lowest BCUT2D eigenvalue weighted by Gasteiger charge is -2.20. The first-order chi connectivity index (χ1) is 13.6. The van der Waals surface area contributed by atoms with Gasteiger partial charge < -0.3 is 10.4 Å². The van der Waals surface area contributed by atoms with Crippen LogP contribution in [-0.4, -0.2) is 16.3 Å². The van der Waals surface area contributed by atoms with Crippen molar-refractivity contribution in [3.05, 3.63) is 96.1 Å². The third-order valence-electron chi connectivity index (χ3n) is 4.52. The quantitative estimate of drug-likeness (QED) is 0.494. The van der Waals surface area contributed by atoms with Gasteiger partial charge in [-0.15, -0.1) is 11.8 Å². The first kappa shape index (κ1) is 20.0. The molecule has 1 unspecified atom stereocenters. The molecule has 4 heteroatoms. The topological polar surface area (TPSA) is 49.3 Å². The third kappa shape index (κ3) is 5.89. The highest BCUT2D eigenvalue weighted by Gasteiger charge is 2.17. The lowest BCUT2D eigenvalue weighted by Crippen LogP contribution is -2.29. The molecule has 0 radical (unpaired) electrons. The molecule has 0 heterocycles. The zero-order valence-electron chi connectivity index (χ0n) is 15.9. The zero-order valence-corrected chi connectivity index (χ0v) is 16.7. The number of phenols is 1. The monoisotopic (exact) mass is 391 g/mol. The summed E-state index contributed by atoms with van der Waals surface area (Å²) >= 11 is 1.71. The highest BCUT2D eigenvalue weighted by molar-refractivity contribution is 7.99. The molecule has 3 aromatic carbocycles. The molecule has 3 aromatic rings. The van der Waals surface area contributed by atoms with Crippen molar-refractivity contribution >= 4 is 17.7 Å². The Kier molecular flexibility index (Phi) is 7.15. The Morgan fingerprint density at radius 2 is 1.43 bits per heavy atom. The number of nitrogens with one attached hydrogen (secondary N) is 1. The van der Waals surface area contributed by atoms with E-state index in [-0.39, 0.29) is 17.7 Å². The minimum absolute atomic E-state index is 0.0517. The van der Waals surface area contributed by atoms with Gasteiger partial charge in [-0.1, -0.05) is 67.6 Å². The highest BCUT2D eigenvalue weighted by Crippen LogP contribution is 2.28. The van der Waals surface area contributed by atoms with Crippen LogP contribution in [0.4, 0.5) is 0 Å². The number of amides is 1. The summed E-state index contributed by atoms with van der Waals surface area (Å²) in [6.45, 7) is 2.12. The lowest BCUT2D eigenvalue weighted by atomic mass is 9.98. The van der Waals surface area contributed by atoms with Gasteiger partial charge in [0.1, 0.15) is 5.75 Å². The van der Waals surface area contributed by atoms with E-state index in [1.807, 2.05) is 72.8 Å². The van der Waals surface area contributed by atoms with Gasteiger partial charge in [0, 0.05) is 16.6 Å². The summed E-state index contributed by atoms with van der Waals surface area (Å²) in [7, 11) is 0. The average Bonchev–Trinajstić information content (AvgIpc) is 2.73. The van der Waals surface area contributed by atoms with E-state index in [0.717, 1.165) is 22.4 Å². The van der Waals surface area contributed by atoms with Gasteiger partial charge in [0.05, 0.1) is 6.04 Å². The van der Waals surface area contributed by atoms with E-state index in [4.69, 9.17) is 0 Å². The van der Waals surface area contributed by atoms with Crippen LogP contribution < -0.4 is 5.32 Å². The second-order valence-corrected chi connectivity index (χ2v) is 8.29. The SMILES string of the molecule is CC(CCC(=O)NC(c1ccccc1)c1ccccc1)Sc1ccc(O)cc1. The Labute approximate surface area is 170 Å². The Bertz CT molecular complexity index is 827. The van der Waals surface area contributed by atoms with E-state index in [0.29, 0.717) is 11.7 Å². The van der Waals surface area contributed by atoms with Gasteiger partial charge in [0.15, 0.2) is 0 Å². The van der Waals surface area contributed by atoms with E-state index in [2.05, 4.69) is 12.2 Å². The second kappa shape index (κ2) is 10.00. The molecule has 0 aliphatic carbocycles. The van der Waals surface area contributed by atoms with E-state index < -0.39 is 0 Å². The summed E-state index contributed by atoms with van der Waals surface area (Å²) in [5.74, 6) is 0.320. The molecule has 144 valence electrons. The van der Waals surface area contributed by atoms with Gasteiger partial charge in [0.25, 0.3) is 0 Å². The van der Waals surface area contributed by atoms with E-state index >= 15 is 0 Å². The Balaban J connectivity index is 1.58. The van der Waals surface area contributed by atoms with Crippen molar-refractivity contribution in [2.75, 3.05) is 0 Å². The minimum Gasteiger partial charge on any atom is -0.508 e. The molecule has 1 amide bonds.